The molecule has 0 aromatic heterocycles. The van der Waals surface area contributed by atoms with E-state index >= 15 is 0 Å². The van der Waals surface area contributed by atoms with E-state index in [1.807, 2.05) is 60.7 Å². The van der Waals surface area contributed by atoms with E-state index in [4.69, 9.17) is 9.84 Å². The molecule has 5 nitrogen and oxygen atoms in total. The van der Waals surface area contributed by atoms with Crippen molar-refractivity contribution in [3.8, 4) is 5.75 Å². The van der Waals surface area contributed by atoms with E-state index in [9.17, 15) is 9.59 Å². The van der Waals surface area contributed by atoms with Crippen LogP contribution in [0.3, 0.4) is 0 Å². The Labute approximate surface area is 211 Å². The van der Waals surface area contributed by atoms with Crippen molar-refractivity contribution in [2.45, 2.75) is 31.7 Å². The Morgan fingerprint density at radius 1 is 0.833 bits per heavy atom. The summed E-state index contributed by atoms with van der Waals surface area (Å²) in [6.45, 7) is 0.688. The molecule has 0 aliphatic heterocycles. The molecule has 5 heteroatoms. The summed E-state index contributed by atoms with van der Waals surface area (Å²) < 4.78 is 5.30. The number of benzene rings is 4. The molecule has 1 atom stereocenters. The van der Waals surface area contributed by atoms with E-state index in [0.717, 1.165) is 39.6 Å². The van der Waals surface area contributed by atoms with E-state index in [-0.39, 0.29) is 17.4 Å². The van der Waals surface area contributed by atoms with Gasteiger partial charge in [0.1, 0.15) is 11.5 Å². The number of ketones is 1. The van der Waals surface area contributed by atoms with Gasteiger partial charge in [-0.1, -0.05) is 66.7 Å². The van der Waals surface area contributed by atoms with E-state index < -0.39 is 5.97 Å². The van der Waals surface area contributed by atoms with Crippen molar-refractivity contribution in [3.63, 3.8) is 0 Å². The molecule has 1 unspecified atom stereocenters. The smallest absolute Gasteiger partial charge is 0.335 e. The number of hydrogen-bond acceptors (Lipinski definition) is 4. The fourth-order valence-corrected chi connectivity index (χ4v) is 4.37. The Balaban J connectivity index is 1.34. The summed E-state index contributed by atoms with van der Waals surface area (Å²) in [6, 6.07) is 29.2. The third kappa shape index (κ3) is 6.80. The summed E-state index contributed by atoms with van der Waals surface area (Å²) in [6.07, 6.45) is 2.37. The molecule has 0 bridgehead atoms. The van der Waals surface area contributed by atoms with Gasteiger partial charge in [0.05, 0.1) is 12.7 Å². The average molecular weight is 482 g/mol. The third-order valence-electron chi connectivity index (χ3n) is 6.44. The number of aromatic carboxylic acids is 1. The maximum absolute atomic E-state index is 13.0. The molecule has 36 heavy (non-hydrogen) atoms. The van der Waals surface area contributed by atoms with Gasteiger partial charge in [0.15, 0.2) is 0 Å². The number of ether oxygens (including phenoxy) is 1. The second-order valence-corrected chi connectivity index (χ2v) is 8.96. The minimum Gasteiger partial charge on any atom is -0.497 e. The van der Waals surface area contributed by atoms with Crippen molar-refractivity contribution in [2.75, 3.05) is 13.7 Å². The number of Topliss-reactive ketones (excluding diaryl/α,β-unsaturated/α-hetero) is 1. The summed E-state index contributed by atoms with van der Waals surface area (Å²) in [5.41, 5.74) is 3.58. The second kappa shape index (κ2) is 12.1. The van der Waals surface area contributed by atoms with Gasteiger partial charge in [0, 0.05) is 18.9 Å². The molecule has 0 aliphatic carbocycles. The summed E-state index contributed by atoms with van der Waals surface area (Å²) in [7, 11) is 1.66. The van der Waals surface area contributed by atoms with Gasteiger partial charge in [0.2, 0.25) is 0 Å². The molecule has 4 aromatic rings. The minimum absolute atomic E-state index is 0.0685. The van der Waals surface area contributed by atoms with Crippen molar-refractivity contribution in [2.24, 2.45) is 0 Å². The van der Waals surface area contributed by atoms with Crippen LogP contribution in [0.2, 0.25) is 0 Å². The van der Waals surface area contributed by atoms with Crippen LogP contribution >= 0.6 is 0 Å². The highest BCUT2D eigenvalue weighted by Gasteiger charge is 2.16. The van der Waals surface area contributed by atoms with Crippen molar-refractivity contribution in [1.82, 2.24) is 5.32 Å². The number of hydrogen-bond donors (Lipinski definition) is 2. The number of carboxylic acid groups (broad SMARTS) is 1. The Hall–Kier alpha value is -3.96. The highest BCUT2D eigenvalue weighted by atomic mass is 16.5. The molecule has 0 amide bonds. The number of carbonyl (C=O) groups is 2. The Morgan fingerprint density at radius 3 is 2.25 bits per heavy atom. The van der Waals surface area contributed by atoms with E-state index in [0.29, 0.717) is 25.8 Å². The molecular weight excluding hydrogens is 450 g/mol. The van der Waals surface area contributed by atoms with Gasteiger partial charge in [-0.05, 0) is 71.1 Å². The lowest BCUT2D eigenvalue weighted by molar-refractivity contribution is -0.119. The fraction of sp³-hybridized carbons (Fsp3) is 0.226. The van der Waals surface area contributed by atoms with E-state index in [2.05, 4.69) is 23.5 Å². The molecule has 0 fully saturated rings. The summed E-state index contributed by atoms with van der Waals surface area (Å²) in [5, 5.41) is 14.9. The van der Waals surface area contributed by atoms with Crippen molar-refractivity contribution in [3.05, 3.63) is 113 Å². The van der Waals surface area contributed by atoms with Crippen molar-refractivity contribution in [1.29, 1.82) is 0 Å². The van der Waals surface area contributed by atoms with Gasteiger partial charge < -0.3 is 15.2 Å². The Kier molecular flexibility index (Phi) is 8.48. The van der Waals surface area contributed by atoms with Gasteiger partial charge in [-0.15, -0.1) is 0 Å². The number of carboxylic acids is 1. The zero-order valence-electron chi connectivity index (χ0n) is 20.4. The van der Waals surface area contributed by atoms with Gasteiger partial charge in [-0.3, -0.25) is 4.79 Å². The normalized spacial score (nSPS) is 11.8. The third-order valence-corrected chi connectivity index (χ3v) is 6.44. The van der Waals surface area contributed by atoms with Crippen LogP contribution < -0.4 is 10.1 Å². The highest BCUT2D eigenvalue weighted by Crippen LogP contribution is 2.23. The van der Waals surface area contributed by atoms with Crippen molar-refractivity contribution >= 4 is 22.5 Å². The molecule has 4 aromatic carbocycles. The summed E-state index contributed by atoms with van der Waals surface area (Å²) in [5.74, 6) is 0.130. The van der Waals surface area contributed by atoms with E-state index in [1.165, 1.54) is 0 Å². The second-order valence-electron chi connectivity index (χ2n) is 8.96. The van der Waals surface area contributed by atoms with Crippen LogP contribution in [-0.4, -0.2) is 30.5 Å². The number of methoxy groups -OCH3 is 1. The van der Waals surface area contributed by atoms with Crippen molar-refractivity contribution < 1.29 is 19.4 Å². The predicted octanol–water partition coefficient (Wildman–Crippen LogP) is 6.01. The molecule has 4 rings (SSSR count). The first-order valence-electron chi connectivity index (χ1n) is 12.2. The summed E-state index contributed by atoms with van der Waals surface area (Å²) >= 11 is 0. The molecule has 184 valence electrons. The predicted molar refractivity (Wildman–Crippen MR) is 143 cm³/mol. The van der Waals surface area contributed by atoms with Crippen LogP contribution in [0.5, 0.6) is 5.75 Å². The standard InChI is InChI=1S/C31H31NO4/c1-36-29-16-14-26-19-23(9-13-27(26)20-29)10-15-28(33)21-30(24-5-3-2-4-6-24)32-18-17-22-7-11-25(12-8-22)31(34)35/h2-9,11-14,16,19-20,30,32H,10,15,17-18,21H2,1H3,(H,34,35). The number of nitrogens with one attached hydrogen (secondary N) is 1. The largest absolute Gasteiger partial charge is 0.497 e. The maximum Gasteiger partial charge on any atom is 0.335 e. The SMILES string of the molecule is COc1ccc2cc(CCC(=O)CC(NCCc3ccc(C(=O)O)cc3)c3ccccc3)ccc2c1. The van der Waals surface area contributed by atoms with Gasteiger partial charge in [0.25, 0.3) is 0 Å². The molecular formula is C31H31NO4. The summed E-state index contributed by atoms with van der Waals surface area (Å²) in [4.78, 5) is 24.0. The number of carbonyl (C=O) groups excluding carboxylic acids is 1. The zero-order valence-corrected chi connectivity index (χ0v) is 20.4. The molecule has 0 heterocycles. The van der Waals surface area contributed by atoms with Crippen LogP contribution in [0.25, 0.3) is 10.8 Å². The lowest BCUT2D eigenvalue weighted by Crippen LogP contribution is -2.26. The first-order valence-corrected chi connectivity index (χ1v) is 12.2. The first-order chi connectivity index (χ1) is 17.5. The van der Waals surface area contributed by atoms with Crippen LogP contribution in [0, 0.1) is 0 Å². The lowest BCUT2D eigenvalue weighted by Gasteiger charge is -2.19. The van der Waals surface area contributed by atoms with Crippen LogP contribution in [0.4, 0.5) is 0 Å². The van der Waals surface area contributed by atoms with Gasteiger partial charge in [-0.25, -0.2) is 4.79 Å². The zero-order chi connectivity index (χ0) is 25.3. The quantitative estimate of drug-likeness (QED) is 0.259. The average Bonchev–Trinajstić information content (AvgIpc) is 2.91. The maximum atomic E-state index is 13.0. The van der Waals surface area contributed by atoms with Gasteiger partial charge in [-0.2, -0.15) is 0 Å². The molecule has 0 aliphatic rings. The van der Waals surface area contributed by atoms with Crippen LogP contribution in [0.15, 0.2) is 91.0 Å². The topological polar surface area (TPSA) is 75.6 Å². The van der Waals surface area contributed by atoms with E-state index in [1.54, 1.807) is 19.2 Å². The highest BCUT2D eigenvalue weighted by molar-refractivity contribution is 5.87. The molecule has 2 N–H and O–H groups in total. The number of fused-ring (bicyclic) bond motifs is 1. The number of aryl methyl sites for hydroxylation is 1. The number of rotatable bonds is 12. The molecule has 0 saturated heterocycles. The molecule has 0 spiro atoms. The fourth-order valence-electron chi connectivity index (χ4n) is 4.37. The Morgan fingerprint density at radius 2 is 1.53 bits per heavy atom. The van der Waals surface area contributed by atoms with Gasteiger partial charge >= 0.3 is 5.97 Å². The molecule has 0 radical (unpaired) electrons. The Bertz CT molecular complexity index is 1320. The monoisotopic (exact) mass is 481 g/mol. The van der Waals surface area contributed by atoms with Crippen LogP contribution in [0.1, 0.15) is 45.9 Å². The minimum atomic E-state index is -0.925. The lowest BCUT2D eigenvalue weighted by atomic mass is 9.97. The first kappa shape index (κ1) is 25.1. The molecule has 0 saturated carbocycles. The van der Waals surface area contributed by atoms with Crippen LogP contribution in [-0.2, 0) is 17.6 Å².